The van der Waals surface area contributed by atoms with Crippen molar-refractivity contribution in [2.75, 3.05) is 40.4 Å². The largest absolute Gasteiger partial charge is 0.372 e. The van der Waals surface area contributed by atoms with E-state index in [1.807, 2.05) is 0 Å². The molecule has 0 aromatic heterocycles. The average molecular weight is 407 g/mol. The quantitative estimate of drug-likeness (QED) is 0.494. The van der Waals surface area contributed by atoms with E-state index in [4.69, 9.17) is 9.47 Å². The van der Waals surface area contributed by atoms with Gasteiger partial charge in [-0.05, 0) is 72.0 Å². The second kappa shape index (κ2) is 6.94. The van der Waals surface area contributed by atoms with Gasteiger partial charge in [-0.1, -0.05) is 41.5 Å². The van der Waals surface area contributed by atoms with Gasteiger partial charge >= 0.3 is 0 Å². The van der Waals surface area contributed by atoms with Crippen molar-refractivity contribution in [1.82, 2.24) is 0 Å². The zero-order valence-corrected chi connectivity index (χ0v) is 20.6. The first-order valence-electron chi connectivity index (χ1n) is 12.4. The van der Waals surface area contributed by atoms with Crippen molar-refractivity contribution >= 4 is 0 Å². The molecule has 4 bridgehead atoms. The van der Waals surface area contributed by atoms with Crippen LogP contribution in [0.3, 0.4) is 0 Å². The standard InChI is InChI=1S/C26H48NO2/c1-23(2)19-9-11-25(23,5)21(17-19)28-15-13-27(7,8)14-16-29-22-18-20-10-12-26(22,6)24(20,3)4/h19-22H,9-18H2,1-8H3/q+1/t19-,20-,21+,22+,25-,26-/m0/s1. The van der Waals surface area contributed by atoms with E-state index in [2.05, 4.69) is 55.6 Å². The van der Waals surface area contributed by atoms with Gasteiger partial charge in [0.2, 0.25) is 0 Å². The fourth-order valence-corrected chi connectivity index (χ4v) is 7.76. The third-order valence-corrected chi connectivity index (χ3v) is 11.5. The lowest BCUT2D eigenvalue weighted by Crippen LogP contribution is -2.47. The van der Waals surface area contributed by atoms with Crippen LogP contribution in [0.1, 0.15) is 80.1 Å². The fraction of sp³-hybridized carbons (Fsp3) is 1.00. The van der Waals surface area contributed by atoms with Crippen LogP contribution in [0.2, 0.25) is 0 Å². The molecule has 0 amide bonds. The van der Waals surface area contributed by atoms with Gasteiger partial charge in [0.1, 0.15) is 13.1 Å². The lowest BCUT2D eigenvalue weighted by atomic mass is 9.70. The third kappa shape index (κ3) is 3.24. The minimum atomic E-state index is 0.377. The molecule has 0 N–H and O–H groups in total. The molecule has 0 aliphatic heterocycles. The molecule has 6 atom stereocenters. The molecule has 0 saturated heterocycles. The van der Waals surface area contributed by atoms with Crippen molar-refractivity contribution in [3.05, 3.63) is 0 Å². The van der Waals surface area contributed by atoms with Crippen molar-refractivity contribution < 1.29 is 14.0 Å². The van der Waals surface area contributed by atoms with Crippen LogP contribution in [0, 0.1) is 33.5 Å². The highest BCUT2D eigenvalue weighted by Crippen LogP contribution is 2.67. The molecule has 4 aliphatic carbocycles. The molecule has 0 aromatic rings. The van der Waals surface area contributed by atoms with Gasteiger partial charge in [-0.3, -0.25) is 0 Å². The van der Waals surface area contributed by atoms with E-state index < -0.39 is 0 Å². The van der Waals surface area contributed by atoms with Crippen molar-refractivity contribution in [3.8, 4) is 0 Å². The van der Waals surface area contributed by atoms with E-state index in [1.165, 1.54) is 38.5 Å². The highest BCUT2D eigenvalue weighted by molar-refractivity contribution is 5.12. The lowest BCUT2D eigenvalue weighted by Gasteiger charge is -2.40. The molecule has 4 rings (SSSR count). The van der Waals surface area contributed by atoms with E-state index in [9.17, 15) is 0 Å². The maximum atomic E-state index is 6.52. The Morgan fingerprint density at radius 3 is 1.34 bits per heavy atom. The molecule has 0 unspecified atom stereocenters. The van der Waals surface area contributed by atoms with Crippen LogP contribution >= 0.6 is 0 Å². The molecule has 4 aliphatic rings. The van der Waals surface area contributed by atoms with Crippen molar-refractivity contribution in [3.63, 3.8) is 0 Å². The molecule has 0 radical (unpaired) electrons. The zero-order valence-electron chi connectivity index (χ0n) is 20.6. The van der Waals surface area contributed by atoms with Gasteiger partial charge in [0.15, 0.2) is 0 Å². The molecule has 4 fully saturated rings. The van der Waals surface area contributed by atoms with E-state index in [0.717, 1.165) is 42.6 Å². The van der Waals surface area contributed by atoms with Crippen LogP contribution in [0.15, 0.2) is 0 Å². The summed E-state index contributed by atoms with van der Waals surface area (Å²) in [6.07, 6.45) is 8.97. The Balaban J connectivity index is 1.21. The van der Waals surface area contributed by atoms with Gasteiger partial charge in [-0.25, -0.2) is 0 Å². The van der Waals surface area contributed by atoms with Crippen LogP contribution in [0.4, 0.5) is 0 Å². The number of quaternary nitrogens is 1. The first-order chi connectivity index (χ1) is 13.3. The van der Waals surface area contributed by atoms with E-state index in [1.54, 1.807) is 0 Å². The molecule has 0 aromatic carbocycles. The molecular formula is C26H48NO2+. The summed E-state index contributed by atoms with van der Waals surface area (Å²) in [6, 6.07) is 0. The van der Waals surface area contributed by atoms with Crippen molar-refractivity contribution in [2.45, 2.75) is 92.3 Å². The van der Waals surface area contributed by atoms with Crippen molar-refractivity contribution in [1.29, 1.82) is 0 Å². The molecule has 3 nitrogen and oxygen atoms in total. The second-order valence-corrected chi connectivity index (χ2v) is 13.3. The highest BCUT2D eigenvalue weighted by Gasteiger charge is 2.62. The Morgan fingerprint density at radius 1 is 0.690 bits per heavy atom. The van der Waals surface area contributed by atoms with Crippen LogP contribution in [-0.4, -0.2) is 57.1 Å². The summed E-state index contributed by atoms with van der Waals surface area (Å²) in [5, 5.41) is 0. The summed E-state index contributed by atoms with van der Waals surface area (Å²) in [7, 11) is 4.68. The molecule has 4 saturated carbocycles. The molecule has 3 heteroatoms. The highest BCUT2D eigenvalue weighted by atomic mass is 16.5. The molecule has 168 valence electrons. The number of likely N-dealkylation sites (N-methyl/N-ethyl adjacent to an activating group) is 1. The maximum Gasteiger partial charge on any atom is 0.102 e. The van der Waals surface area contributed by atoms with Gasteiger partial charge in [-0.2, -0.15) is 0 Å². The first kappa shape index (κ1) is 22.1. The van der Waals surface area contributed by atoms with Crippen LogP contribution < -0.4 is 0 Å². The summed E-state index contributed by atoms with van der Waals surface area (Å²) in [6.45, 7) is 18.8. The Kier molecular flexibility index (Phi) is 5.28. The SMILES string of the molecule is CC1(C)[C@H]2CC[C@@]1(C)[C@H](OCC[N+](C)(C)CCO[C@@H]1C[C@@H]3CC[C@]1(C)C3(C)C)C2. The van der Waals surface area contributed by atoms with Crippen LogP contribution in [-0.2, 0) is 9.47 Å². The molecule has 0 heterocycles. The molecule has 0 spiro atoms. The van der Waals surface area contributed by atoms with Crippen LogP contribution in [0.5, 0.6) is 0 Å². The van der Waals surface area contributed by atoms with Gasteiger partial charge in [0.25, 0.3) is 0 Å². The van der Waals surface area contributed by atoms with Gasteiger partial charge in [-0.15, -0.1) is 0 Å². The fourth-order valence-electron chi connectivity index (χ4n) is 7.76. The molecule has 29 heavy (non-hydrogen) atoms. The molecular weight excluding hydrogens is 358 g/mol. The topological polar surface area (TPSA) is 18.5 Å². The number of hydrogen-bond donors (Lipinski definition) is 0. The van der Waals surface area contributed by atoms with E-state index in [0.29, 0.717) is 33.9 Å². The average Bonchev–Trinajstić information content (AvgIpc) is 3.13. The number of fused-ring (bicyclic) bond motifs is 4. The van der Waals surface area contributed by atoms with Gasteiger partial charge in [0.05, 0.1) is 39.5 Å². The number of nitrogens with zero attached hydrogens (tertiary/aromatic N) is 1. The lowest BCUT2D eigenvalue weighted by molar-refractivity contribution is -0.891. The van der Waals surface area contributed by atoms with Gasteiger partial charge < -0.3 is 14.0 Å². The minimum Gasteiger partial charge on any atom is -0.372 e. The zero-order chi connectivity index (χ0) is 21.3. The summed E-state index contributed by atoms with van der Waals surface area (Å²) >= 11 is 0. The minimum absolute atomic E-state index is 0.377. The Bertz CT molecular complexity index is 574. The summed E-state index contributed by atoms with van der Waals surface area (Å²) in [5.74, 6) is 1.72. The van der Waals surface area contributed by atoms with E-state index in [-0.39, 0.29) is 0 Å². The maximum absolute atomic E-state index is 6.52. The van der Waals surface area contributed by atoms with Crippen LogP contribution in [0.25, 0.3) is 0 Å². The normalized spacial score (nSPS) is 44.7. The van der Waals surface area contributed by atoms with E-state index >= 15 is 0 Å². The Morgan fingerprint density at radius 2 is 1.07 bits per heavy atom. The predicted octanol–water partition coefficient (Wildman–Crippen LogP) is 5.53. The predicted molar refractivity (Wildman–Crippen MR) is 120 cm³/mol. The number of ether oxygens (including phenoxy) is 2. The Labute approximate surface area is 180 Å². The smallest absolute Gasteiger partial charge is 0.102 e. The summed E-state index contributed by atoms with van der Waals surface area (Å²) in [4.78, 5) is 0. The third-order valence-electron chi connectivity index (χ3n) is 11.5. The summed E-state index contributed by atoms with van der Waals surface area (Å²) < 4.78 is 14.0. The Hall–Kier alpha value is -0.120. The monoisotopic (exact) mass is 406 g/mol. The first-order valence-corrected chi connectivity index (χ1v) is 12.4. The van der Waals surface area contributed by atoms with Gasteiger partial charge in [0, 0.05) is 0 Å². The van der Waals surface area contributed by atoms with Crippen molar-refractivity contribution in [2.24, 2.45) is 33.5 Å². The summed E-state index contributed by atoms with van der Waals surface area (Å²) in [5.41, 5.74) is 1.64. The number of hydrogen-bond acceptors (Lipinski definition) is 2. The number of rotatable bonds is 8. The second-order valence-electron chi connectivity index (χ2n) is 13.3.